The van der Waals surface area contributed by atoms with Crippen molar-refractivity contribution in [3.05, 3.63) is 39.2 Å². The fourth-order valence-corrected chi connectivity index (χ4v) is 2.83. The van der Waals surface area contributed by atoms with Gasteiger partial charge in [-0.15, -0.1) is 11.3 Å². The molecule has 2 aromatic rings. The highest BCUT2D eigenvalue weighted by molar-refractivity contribution is 7.09. The highest BCUT2D eigenvalue weighted by atomic mass is 35.5. The van der Waals surface area contributed by atoms with Gasteiger partial charge in [0.05, 0.1) is 11.3 Å². The van der Waals surface area contributed by atoms with Gasteiger partial charge in [0.25, 0.3) is 0 Å². The van der Waals surface area contributed by atoms with E-state index < -0.39 is 0 Å². The molecule has 0 saturated heterocycles. The van der Waals surface area contributed by atoms with Gasteiger partial charge in [0.1, 0.15) is 0 Å². The molecular formula is C12H15ClN2OS. The third kappa shape index (κ3) is 3.09. The largest absolute Gasteiger partial charge is 0.453 e. The van der Waals surface area contributed by atoms with Gasteiger partial charge in [-0.1, -0.05) is 6.92 Å². The quantitative estimate of drug-likeness (QED) is 0.902. The molecule has 3 nitrogen and oxygen atoms in total. The number of aryl methyl sites for hydroxylation is 1. The summed E-state index contributed by atoms with van der Waals surface area (Å²) in [7, 11) is 0. The molecule has 92 valence electrons. The van der Waals surface area contributed by atoms with Crippen molar-refractivity contribution in [2.75, 3.05) is 6.54 Å². The standard InChI is InChI=1S/C12H15ClN2OS/c1-3-14-10(9-4-5-16-12(9)13)6-11-15-8(2)7-17-11/h4-5,7,10,14H,3,6H2,1-2H3. The number of nitrogens with zero attached hydrogens (tertiary/aromatic N) is 1. The third-order valence-electron chi connectivity index (χ3n) is 2.52. The van der Waals surface area contributed by atoms with Gasteiger partial charge < -0.3 is 9.73 Å². The van der Waals surface area contributed by atoms with E-state index in [4.69, 9.17) is 16.0 Å². The van der Waals surface area contributed by atoms with Crippen molar-refractivity contribution in [1.82, 2.24) is 10.3 Å². The number of hydrogen-bond acceptors (Lipinski definition) is 4. The van der Waals surface area contributed by atoms with Gasteiger partial charge in [0.15, 0.2) is 5.22 Å². The highest BCUT2D eigenvalue weighted by Gasteiger charge is 2.17. The second kappa shape index (κ2) is 5.67. The summed E-state index contributed by atoms with van der Waals surface area (Å²) >= 11 is 7.70. The van der Waals surface area contributed by atoms with Crippen LogP contribution in [0.5, 0.6) is 0 Å². The van der Waals surface area contributed by atoms with Crippen LogP contribution in [0.25, 0.3) is 0 Å². The number of rotatable bonds is 5. The maximum atomic E-state index is 6.02. The first-order chi connectivity index (χ1) is 8.20. The summed E-state index contributed by atoms with van der Waals surface area (Å²) in [6, 6.07) is 2.08. The molecule has 17 heavy (non-hydrogen) atoms. The number of thiazole rings is 1. The topological polar surface area (TPSA) is 38.1 Å². The van der Waals surface area contributed by atoms with Crippen molar-refractivity contribution in [2.45, 2.75) is 26.3 Å². The van der Waals surface area contributed by atoms with E-state index in [-0.39, 0.29) is 6.04 Å². The summed E-state index contributed by atoms with van der Waals surface area (Å²) in [5.74, 6) is 0. The average molecular weight is 271 g/mol. The van der Waals surface area contributed by atoms with Crippen LogP contribution in [0.4, 0.5) is 0 Å². The second-order valence-electron chi connectivity index (χ2n) is 3.85. The fourth-order valence-electron chi connectivity index (χ4n) is 1.76. The Morgan fingerprint density at radius 3 is 2.94 bits per heavy atom. The molecule has 0 radical (unpaired) electrons. The van der Waals surface area contributed by atoms with Crippen LogP contribution in [-0.4, -0.2) is 11.5 Å². The molecule has 0 aromatic carbocycles. The minimum Gasteiger partial charge on any atom is -0.453 e. The van der Waals surface area contributed by atoms with E-state index in [9.17, 15) is 0 Å². The molecule has 0 bridgehead atoms. The first kappa shape index (κ1) is 12.6. The Hall–Kier alpha value is -0.840. The van der Waals surface area contributed by atoms with Crippen LogP contribution < -0.4 is 5.32 Å². The summed E-state index contributed by atoms with van der Waals surface area (Å²) in [6.07, 6.45) is 2.46. The lowest BCUT2D eigenvalue weighted by Gasteiger charge is -2.15. The van der Waals surface area contributed by atoms with E-state index in [1.165, 1.54) is 0 Å². The molecular weight excluding hydrogens is 256 g/mol. The lowest BCUT2D eigenvalue weighted by Crippen LogP contribution is -2.22. The van der Waals surface area contributed by atoms with E-state index >= 15 is 0 Å². The van der Waals surface area contributed by atoms with Gasteiger partial charge in [0, 0.05) is 29.1 Å². The van der Waals surface area contributed by atoms with Crippen LogP contribution in [-0.2, 0) is 6.42 Å². The first-order valence-corrected chi connectivity index (χ1v) is 6.83. The van der Waals surface area contributed by atoms with Crippen LogP contribution >= 0.6 is 22.9 Å². The summed E-state index contributed by atoms with van der Waals surface area (Å²) < 4.78 is 5.14. The zero-order valence-electron chi connectivity index (χ0n) is 9.87. The number of hydrogen-bond donors (Lipinski definition) is 1. The Bertz CT molecular complexity index is 480. The second-order valence-corrected chi connectivity index (χ2v) is 5.13. The van der Waals surface area contributed by atoms with Crippen LogP contribution in [0.1, 0.15) is 29.2 Å². The smallest absolute Gasteiger partial charge is 0.197 e. The molecule has 0 saturated carbocycles. The van der Waals surface area contributed by atoms with Gasteiger partial charge >= 0.3 is 0 Å². The van der Waals surface area contributed by atoms with Crippen LogP contribution in [0.15, 0.2) is 22.1 Å². The van der Waals surface area contributed by atoms with Crippen molar-refractivity contribution in [3.8, 4) is 0 Å². The number of halogens is 1. The molecule has 0 aliphatic carbocycles. The maximum Gasteiger partial charge on any atom is 0.197 e. The number of likely N-dealkylation sites (N-methyl/N-ethyl adjacent to an activating group) is 1. The van der Waals surface area contributed by atoms with Crippen molar-refractivity contribution >= 4 is 22.9 Å². The zero-order chi connectivity index (χ0) is 12.3. The van der Waals surface area contributed by atoms with Crippen LogP contribution in [0.2, 0.25) is 5.22 Å². The maximum absolute atomic E-state index is 6.02. The minimum absolute atomic E-state index is 0.164. The normalized spacial score (nSPS) is 12.9. The monoisotopic (exact) mass is 270 g/mol. The molecule has 2 aromatic heterocycles. The van der Waals surface area contributed by atoms with Crippen molar-refractivity contribution < 1.29 is 4.42 Å². The van der Waals surface area contributed by atoms with E-state index in [0.29, 0.717) is 5.22 Å². The van der Waals surface area contributed by atoms with Gasteiger partial charge in [0.2, 0.25) is 0 Å². The van der Waals surface area contributed by atoms with Crippen molar-refractivity contribution in [3.63, 3.8) is 0 Å². The highest BCUT2D eigenvalue weighted by Crippen LogP contribution is 2.27. The van der Waals surface area contributed by atoms with Crippen molar-refractivity contribution in [1.29, 1.82) is 0 Å². The summed E-state index contributed by atoms with van der Waals surface area (Å²) in [5.41, 5.74) is 2.07. The molecule has 0 fully saturated rings. The minimum atomic E-state index is 0.164. The Balaban J connectivity index is 2.15. The Morgan fingerprint density at radius 1 is 1.59 bits per heavy atom. The first-order valence-electron chi connectivity index (χ1n) is 5.58. The lowest BCUT2D eigenvalue weighted by atomic mass is 10.1. The van der Waals surface area contributed by atoms with E-state index in [1.54, 1.807) is 17.6 Å². The molecule has 1 atom stereocenters. The zero-order valence-corrected chi connectivity index (χ0v) is 11.4. The Labute approximate surface area is 110 Å². The van der Waals surface area contributed by atoms with E-state index in [2.05, 4.69) is 22.6 Å². The molecule has 0 aliphatic heterocycles. The summed E-state index contributed by atoms with van der Waals surface area (Å²) in [4.78, 5) is 4.48. The third-order valence-corrected chi connectivity index (χ3v) is 3.81. The summed E-state index contributed by atoms with van der Waals surface area (Å²) in [6.45, 7) is 4.97. The molecule has 2 rings (SSSR count). The number of aromatic nitrogens is 1. The molecule has 0 aliphatic rings. The molecule has 2 heterocycles. The predicted octanol–water partition coefficient (Wildman–Crippen LogP) is 3.59. The van der Waals surface area contributed by atoms with E-state index in [1.807, 2.05) is 13.0 Å². The number of nitrogens with one attached hydrogen (secondary N) is 1. The average Bonchev–Trinajstić information content (AvgIpc) is 2.87. The summed E-state index contributed by atoms with van der Waals surface area (Å²) in [5, 5.41) is 7.05. The fraction of sp³-hybridized carbons (Fsp3) is 0.417. The molecule has 1 unspecified atom stereocenters. The van der Waals surface area contributed by atoms with Crippen LogP contribution in [0.3, 0.4) is 0 Å². The van der Waals surface area contributed by atoms with Crippen molar-refractivity contribution in [2.24, 2.45) is 0 Å². The Morgan fingerprint density at radius 2 is 2.41 bits per heavy atom. The molecule has 1 N–H and O–H groups in total. The molecule has 0 spiro atoms. The van der Waals surface area contributed by atoms with Gasteiger partial charge in [-0.25, -0.2) is 4.98 Å². The molecule has 5 heteroatoms. The van der Waals surface area contributed by atoms with Crippen LogP contribution in [0, 0.1) is 6.92 Å². The lowest BCUT2D eigenvalue weighted by molar-refractivity contribution is 0.525. The number of furan rings is 1. The Kier molecular flexibility index (Phi) is 4.20. The van der Waals surface area contributed by atoms with Gasteiger partial charge in [-0.2, -0.15) is 0 Å². The van der Waals surface area contributed by atoms with Gasteiger partial charge in [-0.3, -0.25) is 0 Å². The molecule has 0 amide bonds. The van der Waals surface area contributed by atoms with Gasteiger partial charge in [-0.05, 0) is 31.1 Å². The predicted molar refractivity (Wildman–Crippen MR) is 70.7 cm³/mol. The van der Waals surface area contributed by atoms with E-state index in [0.717, 1.165) is 29.2 Å². The SMILES string of the molecule is CCNC(Cc1nc(C)cs1)c1ccoc1Cl.